The van der Waals surface area contributed by atoms with Gasteiger partial charge in [-0.15, -0.1) is 0 Å². The van der Waals surface area contributed by atoms with E-state index in [0.29, 0.717) is 0 Å². The molecule has 16 heteroatoms. The highest BCUT2D eigenvalue weighted by molar-refractivity contribution is 7.52. The van der Waals surface area contributed by atoms with Crippen molar-refractivity contribution >= 4 is 36.3 Å². The molecule has 13 nitrogen and oxygen atoms in total. The van der Waals surface area contributed by atoms with Gasteiger partial charge in [-0.05, 0) is 44.5 Å². The zero-order chi connectivity index (χ0) is 29.2. The van der Waals surface area contributed by atoms with E-state index in [-0.39, 0.29) is 34.1 Å². The number of ether oxygens (including phenoxy) is 2. The molecule has 1 aromatic carbocycles. The van der Waals surface area contributed by atoms with Crippen LogP contribution in [0.5, 0.6) is 5.75 Å². The monoisotopic (exact) mass is 602 g/mol. The molecule has 1 aliphatic rings. The van der Waals surface area contributed by atoms with Gasteiger partial charge in [0, 0.05) is 0 Å². The number of aliphatic hydroxyl groups excluding tert-OH is 2. The van der Waals surface area contributed by atoms with E-state index in [2.05, 4.69) is 20.0 Å². The third kappa shape index (κ3) is 6.39. The molecule has 0 spiro atoms. The smallest absolute Gasteiger partial charge is 0.413 e. The van der Waals surface area contributed by atoms with Crippen LogP contribution in [0.4, 0.5) is 10.2 Å². The van der Waals surface area contributed by atoms with Gasteiger partial charge in [0.1, 0.15) is 11.3 Å². The second kappa shape index (κ2) is 12.2. The summed E-state index contributed by atoms with van der Waals surface area (Å²) in [7, 11) is -4.21. The van der Waals surface area contributed by atoms with Crippen molar-refractivity contribution in [3.8, 4) is 5.75 Å². The van der Waals surface area contributed by atoms with Crippen molar-refractivity contribution in [3.63, 3.8) is 0 Å². The molecule has 1 saturated heterocycles. The molecule has 4 rings (SSSR count). The first kappa shape index (κ1) is 30.5. The number of aliphatic hydroxyl groups is 2. The third-order valence-electron chi connectivity index (χ3n) is 6.52. The first-order chi connectivity index (χ1) is 18.9. The van der Waals surface area contributed by atoms with E-state index in [4.69, 9.17) is 35.9 Å². The molecule has 5 N–H and O–H groups in total. The number of para-hydroxylation sites is 1. The Balaban J connectivity index is 1.58. The van der Waals surface area contributed by atoms with Crippen molar-refractivity contribution in [2.75, 3.05) is 18.9 Å². The number of nitrogen functional groups attached to an aromatic ring is 1. The third-order valence-corrected chi connectivity index (χ3v) is 8.35. The van der Waals surface area contributed by atoms with Gasteiger partial charge in [0.25, 0.3) is 0 Å². The molecule has 40 heavy (non-hydrogen) atoms. The lowest BCUT2D eigenvalue weighted by Gasteiger charge is -2.31. The van der Waals surface area contributed by atoms with Crippen molar-refractivity contribution < 1.29 is 37.7 Å². The van der Waals surface area contributed by atoms with Gasteiger partial charge in [0.15, 0.2) is 30.2 Å². The fourth-order valence-electron chi connectivity index (χ4n) is 4.20. The topological polar surface area (TPSA) is 176 Å². The number of imidazole rings is 1. The summed E-state index contributed by atoms with van der Waals surface area (Å²) >= 11 is 5.95. The van der Waals surface area contributed by atoms with E-state index in [1.165, 1.54) is 24.7 Å². The molecule has 220 valence electrons. The van der Waals surface area contributed by atoms with Gasteiger partial charge in [0.2, 0.25) is 5.28 Å². The van der Waals surface area contributed by atoms with Crippen molar-refractivity contribution in [1.29, 1.82) is 0 Å². The molecular formula is C24H33ClFN6O7P. The summed E-state index contributed by atoms with van der Waals surface area (Å²) in [6, 6.07) is 7.37. The molecule has 0 radical (unpaired) electrons. The lowest BCUT2D eigenvalue weighted by molar-refractivity contribution is -0.138. The zero-order valence-corrected chi connectivity index (χ0v) is 24.0. The average molecular weight is 603 g/mol. The molecule has 7 atom stereocenters. The Morgan fingerprint density at radius 2 is 2.00 bits per heavy atom. The number of nitrogens with one attached hydrogen (secondary N) is 1. The maximum absolute atomic E-state index is 15.9. The SMILES string of the molecule is CC(C)OC(O)[C@H](C)NP(=O)(OC[C@H]1O[C@@H](n2cnc3c(N)nc(Cl)nc32)C(F)C1(C)CO)Oc1ccccc1. The predicted molar refractivity (Wildman–Crippen MR) is 144 cm³/mol. The summed E-state index contributed by atoms with van der Waals surface area (Å²) in [5, 5.41) is 23.1. The molecule has 0 aliphatic carbocycles. The van der Waals surface area contributed by atoms with Gasteiger partial charge in [-0.1, -0.05) is 25.1 Å². The number of alkyl halides is 1. The first-order valence-electron chi connectivity index (χ1n) is 12.5. The van der Waals surface area contributed by atoms with E-state index < -0.39 is 57.2 Å². The standard InChI is InChI=1S/C24H33ClFN6O7P/c1-13(2)37-22(34)14(3)31-40(35,39-15-8-6-5-7-9-15)36-10-16-24(4,11-33)18(26)21(38-16)32-12-28-17-19(27)29-23(25)30-20(17)32/h5-9,12-14,16,18,21-22,33-34H,10-11H2,1-4H3,(H,31,35)(H2,27,29,30)/t14-,16+,18?,21+,22?,24?,40?/m0/s1. The van der Waals surface area contributed by atoms with Crippen molar-refractivity contribution in [2.24, 2.45) is 5.41 Å². The van der Waals surface area contributed by atoms with Crippen LogP contribution in [0, 0.1) is 5.41 Å². The molecule has 1 fully saturated rings. The fraction of sp³-hybridized carbons (Fsp3) is 0.542. The largest absolute Gasteiger partial charge is 0.459 e. The molecule has 3 aromatic rings. The van der Waals surface area contributed by atoms with Gasteiger partial charge >= 0.3 is 7.75 Å². The number of hydrogen-bond donors (Lipinski definition) is 4. The zero-order valence-electron chi connectivity index (χ0n) is 22.3. The predicted octanol–water partition coefficient (Wildman–Crippen LogP) is 3.22. The number of fused-ring (bicyclic) bond motifs is 1. The minimum atomic E-state index is -4.21. The van der Waals surface area contributed by atoms with Crippen LogP contribution in [-0.2, 0) is 18.6 Å². The Labute approximate surface area is 235 Å². The lowest BCUT2D eigenvalue weighted by atomic mass is 9.82. The van der Waals surface area contributed by atoms with Gasteiger partial charge in [-0.2, -0.15) is 9.97 Å². The van der Waals surface area contributed by atoms with Crippen molar-refractivity contribution in [3.05, 3.63) is 41.9 Å². The van der Waals surface area contributed by atoms with Crippen molar-refractivity contribution in [2.45, 2.75) is 64.6 Å². The molecule has 0 saturated carbocycles. The van der Waals surface area contributed by atoms with E-state index in [0.717, 1.165) is 0 Å². The van der Waals surface area contributed by atoms with E-state index >= 15 is 4.39 Å². The summed E-state index contributed by atoms with van der Waals surface area (Å²) in [6.45, 7) is 5.40. The Bertz CT molecular complexity index is 1350. The van der Waals surface area contributed by atoms with Crippen LogP contribution in [0.1, 0.15) is 33.9 Å². The normalized spacial score (nSPS) is 26.2. The minimum Gasteiger partial charge on any atom is -0.413 e. The quantitative estimate of drug-likeness (QED) is 0.135. The van der Waals surface area contributed by atoms with Gasteiger partial charge in [-0.3, -0.25) is 9.09 Å². The summed E-state index contributed by atoms with van der Waals surface area (Å²) in [4.78, 5) is 12.1. The Morgan fingerprint density at radius 3 is 2.65 bits per heavy atom. The molecule has 0 amide bonds. The molecule has 2 aromatic heterocycles. The Hall–Kier alpha value is -2.42. The second-order valence-electron chi connectivity index (χ2n) is 9.97. The van der Waals surface area contributed by atoms with Gasteiger partial charge < -0.3 is 29.9 Å². The highest BCUT2D eigenvalue weighted by Gasteiger charge is 2.56. The van der Waals surface area contributed by atoms with Crippen LogP contribution in [0.3, 0.4) is 0 Å². The number of nitrogens with zero attached hydrogens (tertiary/aromatic N) is 4. The average Bonchev–Trinajstić information content (AvgIpc) is 3.42. The number of rotatable bonds is 12. The number of halogens is 2. The van der Waals surface area contributed by atoms with Crippen LogP contribution < -0.4 is 15.3 Å². The number of nitrogens with two attached hydrogens (primary N) is 1. The summed E-state index contributed by atoms with van der Waals surface area (Å²) in [5.41, 5.74) is 4.72. The fourth-order valence-corrected chi connectivity index (χ4v) is 5.91. The minimum absolute atomic E-state index is 0.00906. The van der Waals surface area contributed by atoms with Crippen LogP contribution in [0.15, 0.2) is 36.7 Å². The highest BCUT2D eigenvalue weighted by atomic mass is 35.5. The molecule has 1 aliphatic heterocycles. The van der Waals surface area contributed by atoms with E-state index in [1.54, 1.807) is 44.2 Å². The first-order valence-corrected chi connectivity index (χ1v) is 14.5. The van der Waals surface area contributed by atoms with E-state index in [1.807, 2.05) is 0 Å². The van der Waals surface area contributed by atoms with Crippen LogP contribution in [0.25, 0.3) is 11.2 Å². The molecule has 3 heterocycles. The number of hydrogen-bond acceptors (Lipinski definition) is 11. The summed E-state index contributed by atoms with van der Waals surface area (Å²) in [6.07, 6.45) is -4.54. The maximum atomic E-state index is 15.9. The maximum Gasteiger partial charge on any atom is 0.459 e. The molecule has 4 unspecified atom stereocenters. The Morgan fingerprint density at radius 1 is 1.30 bits per heavy atom. The van der Waals surface area contributed by atoms with Gasteiger partial charge in [-0.25, -0.2) is 19.0 Å². The van der Waals surface area contributed by atoms with Crippen molar-refractivity contribution in [1.82, 2.24) is 24.6 Å². The van der Waals surface area contributed by atoms with Crippen LogP contribution in [-0.4, -0.2) is 73.7 Å². The highest BCUT2D eigenvalue weighted by Crippen LogP contribution is 2.50. The number of aromatic nitrogens is 4. The lowest BCUT2D eigenvalue weighted by Crippen LogP contribution is -2.42. The van der Waals surface area contributed by atoms with Crippen LogP contribution in [0.2, 0.25) is 5.28 Å². The van der Waals surface area contributed by atoms with E-state index in [9.17, 15) is 14.8 Å². The Kier molecular flexibility index (Phi) is 9.32. The molecule has 0 bridgehead atoms. The number of benzene rings is 1. The summed E-state index contributed by atoms with van der Waals surface area (Å²) < 4.78 is 53.9. The number of anilines is 1. The second-order valence-corrected chi connectivity index (χ2v) is 12.0. The summed E-state index contributed by atoms with van der Waals surface area (Å²) in [5.74, 6) is 0.233. The van der Waals surface area contributed by atoms with Gasteiger partial charge in [0.05, 0.1) is 43.2 Å². The molecular weight excluding hydrogens is 570 g/mol. The van der Waals surface area contributed by atoms with Crippen LogP contribution >= 0.6 is 19.3 Å².